The van der Waals surface area contributed by atoms with E-state index in [1.165, 1.54) is 56.2 Å². The zero-order valence-electron chi connectivity index (χ0n) is 16.6. The van der Waals surface area contributed by atoms with Crippen molar-refractivity contribution in [2.75, 3.05) is 0 Å². The van der Waals surface area contributed by atoms with Gasteiger partial charge < -0.3 is 4.74 Å². The molecule has 2 aromatic carbocycles. The molecule has 152 valence electrons. The number of hydrogen-bond acceptors (Lipinski definition) is 1. The van der Waals surface area contributed by atoms with Crippen molar-refractivity contribution in [1.82, 2.24) is 0 Å². The first kappa shape index (κ1) is 20.8. The number of hydrogen-bond donors (Lipinski definition) is 0. The van der Waals surface area contributed by atoms with Gasteiger partial charge in [-0.2, -0.15) is 0 Å². The van der Waals surface area contributed by atoms with Gasteiger partial charge in [-0.15, -0.1) is 13.2 Å². The summed E-state index contributed by atoms with van der Waals surface area (Å²) in [5.41, 5.74) is 3.27. The molecule has 1 fully saturated rings. The zero-order chi connectivity index (χ0) is 20.1. The third-order valence-electron chi connectivity index (χ3n) is 6.08. The number of benzene rings is 2. The molecular formula is C24H29F3O. The number of halogens is 3. The summed E-state index contributed by atoms with van der Waals surface area (Å²) in [6.07, 6.45) is 3.11. The lowest BCUT2D eigenvalue weighted by Crippen LogP contribution is -2.16. The van der Waals surface area contributed by atoms with E-state index >= 15 is 0 Å². The van der Waals surface area contributed by atoms with E-state index < -0.39 is 6.36 Å². The van der Waals surface area contributed by atoms with E-state index in [0.717, 1.165) is 23.0 Å². The Morgan fingerprint density at radius 2 is 1.43 bits per heavy atom. The minimum atomic E-state index is -4.66. The van der Waals surface area contributed by atoms with Crippen molar-refractivity contribution in [1.29, 1.82) is 0 Å². The first-order valence-corrected chi connectivity index (χ1v) is 10.3. The highest BCUT2D eigenvalue weighted by atomic mass is 19.4. The Kier molecular flexibility index (Phi) is 6.69. The molecule has 1 aliphatic carbocycles. The van der Waals surface area contributed by atoms with Gasteiger partial charge >= 0.3 is 6.36 Å². The van der Waals surface area contributed by atoms with Gasteiger partial charge in [0.2, 0.25) is 0 Å². The number of ether oxygens (including phenoxy) is 1. The molecule has 0 amide bonds. The van der Waals surface area contributed by atoms with Crippen LogP contribution >= 0.6 is 0 Å². The van der Waals surface area contributed by atoms with E-state index in [4.69, 9.17) is 0 Å². The summed E-state index contributed by atoms with van der Waals surface area (Å²) >= 11 is 0. The lowest BCUT2D eigenvalue weighted by Gasteiger charge is -2.30. The van der Waals surface area contributed by atoms with E-state index in [9.17, 15) is 13.2 Å². The quantitative estimate of drug-likeness (QED) is 0.486. The van der Waals surface area contributed by atoms with E-state index in [2.05, 4.69) is 42.8 Å². The summed E-state index contributed by atoms with van der Waals surface area (Å²) < 4.78 is 40.7. The molecule has 2 aromatic rings. The average Bonchev–Trinajstić information content (AvgIpc) is 2.68. The van der Waals surface area contributed by atoms with Gasteiger partial charge in [0.25, 0.3) is 0 Å². The summed E-state index contributed by atoms with van der Waals surface area (Å²) in [6.45, 7) is 4.63. The second-order valence-electron chi connectivity index (χ2n) is 8.16. The Bertz CT molecular complexity index is 726. The molecule has 1 unspecified atom stereocenters. The van der Waals surface area contributed by atoms with E-state index in [-0.39, 0.29) is 5.75 Å². The van der Waals surface area contributed by atoms with Gasteiger partial charge in [0.05, 0.1) is 0 Å². The smallest absolute Gasteiger partial charge is 0.406 e. The molecule has 0 saturated heterocycles. The van der Waals surface area contributed by atoms with Crippen LogP contribution in [0.4, 0.5) is 13.2 Å². The molecule has 4 heteroatoms. The first-order chi connectivity index (χ1) is 13.3. The van der Waals surface area contributed by atoms with Crippen LogP contribution in [0.5, 0.6) is 5.75 Å². The van der Waals surface area contributed by atoms with Crippen LogP contribution in [0.1, 0.15) is 63.9 Å². The van der Waals surface area contributed by atoms with Gasteiger partial charge in [-0.25, -0.2) is 0 Å². The molecule has 0 aliphatic heterocycles. The van der Waals surface area contributed by atoms with Gasteiger partial charge in [0.1, 0.15) is 5.75 Å². The molecule has 0 bridgehead atoms. The Morgan fingerprint density at radius 1 is 0.893 bits per heavy atom. The van der Waals surface area contributed by atoms with E-state index in [1.807, 2.05) is 0 Å². The monoisotopic (exact) mass is 390 g/mol. The Balaban J connectivity index is 1.58. The molecule has 28 heavy (non-hydrogen) atoms. The van der Waals surface area contributed by atoms with Gasteiger partial charge in [-0.05, 0) is 78.7 Å². The average molecular weight is 390 g/mol. The van der Waals surface area contributed by atoms with Gasteiger partial charge in [-0.1, -0.05) is 56.7 Å². The molecule has 1 aliphatic rings. The van der Waals surface area contributed by atoms with Crippen molar-refractivity contribution in [2.24, 2.45) is 11.8 Å². The maximum Gasteiger partial charge on any atom is 0.573 e. The molecule has 0 heterocycles. The summed E-state index contributed by atoms with van der Waals surface area (Å²) in [5.74, 6) is 2.14. The van der Waals surface area contributed by atoms with E-state index in [0.29, 0.717) is 5.92 Å². The number of rotatable bonds is 6. The lowest BCUT2D eigenvalue weighted by atomic mass is 9.75. The molecule has 0 radical (unpaired) electrons. The van der Waals surface area contributed by atoms with Gasteiger partial charge in [0.15, 0.2) is 0 Å². The van der Waals surface area contributed by atoms with Crippen molar-refractivity contribution in [2.45, 2.75) is 64.7 Å². The molecule has 0 aromatic heterocycles. The third kappa shape index (κ3) is 5.76. The topological polar surface area (TPSA) is 9.23 Å². The van der Waals surface area contributed by atoms with Crippen LogP contribution in [0.25, 0.3) is 11.1 Å². The Labute approximate surface area is 165 Å². The van der Waals surface area contributed by atoms with Crippen LogP contribution in [-0.2, 0) is 0 Å². The van der Waals surface area contributed by atoms with Crippen LogP contribution in [0.2, 0.25) is 0 Å². The molecular weight excluding hydrogens is 361 g/mol. The molecule has 1 atom stereocenters. The SMILES string of the molecule is CCC(C)CC1CCC(c2ccc(-c3ccc(OC(F)(F)F)cc3)cc2)CC1. The van der Waals surface area contributed by atoms with Crippen LogP contribution in [0.3, 0.4) is 0 Å². The largest absolute Gasteiger partial charge is 0.573 e. The van der Waals surface area contributed by atoms with Crippen LogP contribution in [-0.4, -0.2) is 6.36 Å². The zero-order valence-corrected chi connectivity index (χ0v) is 16.6. The van der Waals surface area contributed by atoms with Gasteiger partial charge in [-0.3, -0.25) is 0 Å². The first-order valence-electron chi connectivity index (χ1n) is 10.3. The molecule has 1 saturated carbocycles. The van der Waals surface area contributed by atoms with Crippen molar-refractivity contribution >= 4 is 0 Å². The minimum Gasteiger partial charge on any atom is -0.406 e. The fourth-order valence-corrected chi connectivity index (χ4v) is 4.26. The summed E-state index contributed by atoms with van der Waals surface area (Å²) in [4.78, 5) is 0. The summed E-state index contributed by atoms with van der Waals surface area (Å²) in [7, 11) is 0. The highest BCUT2D eigenvalue weighted by Crippen LogP contribution is 2.39. The highest BCUT2D eigenvalue weighted by molar-refractivity contribution is 5.64. The maximum atomic E-state index is 12.3. The van der Waals surface area contributed by atoms with Crippen molar-refractivity contribution in [3.8, 4) is 16.9 Å². The fourth-order valence-electron chi connectivity index (χ4n) is 4.26. The molecule has 1 nitrogen and oxygen atoms in total. The molecule has 0 N–H and O–H groups in total. The second-order valence-corrected chi connectivity index (χ2v) is 8.16. The lowest BCUT2D eigenvalue weighted by molar-refractivity contribution is -0.274. The van der Waals surface area contributed by atoms with Crippen molar-refractivity contribution < 1.29 is 17.9 Å². The fraction of sp³-hybridized carbons (Fsp3) is 0.500. The molecule has 3 rings (SSSR count). The Morgan fingerprint density at radius 3 is 1.93 bits per heavy atom. The van der Waals surface area contributed by atoms with Crippen LogP contribution in [0.15, 0.2) is 48.5 Å². The summed E-state index contributed by atoms with van der Waals surface area (Å²) in [5, 5.41) is 0. The normalized spacial score (nSPS) is 21.3. The van der Waals surface area contributed by atoms with E-state index in [1.54, 1.807) is 12.1 Å². The van der Waals surface area contributed by atoms with Crippen LogP contribution < -0.4 is 4.74 Å². The van der Waals surface area contributed by atoms with Crippen LogP contribution in [0, 0.1) is 11.8 Å². The van der Waals surface area contributed by atoms with Crippen molar-refractivity contribution in [3.05, 3.63) is 54.1 Å². The maximum absolute atomic E-state index is 12.3. The third-order valence-corrected chi connectivity index (χ3v) is 6.08. The second kappa shape index (κ2) is 9.02. The summed E-state index contributed by atoms with van der Waals surface area (Å²) in [6, 6.07) is 14.5. The standard InChI is InChI=1S/C24H29F3O/c1-3-17(2)16-18-4-6-19(7-5-18)20-8-10-21(11-9-20)22-12-14-23(15-13-22)28-24(25,26)27/h8-15,17-19H,3-7,16H2,1-2H3. The van der Waals surface area contributed by atoms with Gasteiger partial charge in [0, 0.05) is 0 Å². The van der Waals surface area contributed by atoms with Crippen molar-refractivity contribution in [3.63, 3.8) is 0 Å². The Hall–Kier alpha value is -1.97. The highest BCUT2D eigenvalue weighted by Gasteiger charge is 2.31. The predicted octanol–water partition coefficient (Wildman–Crippen LogP) is 7.96. The number of alkyl halides is 3. The predicted molar refractivity (Wildman–Crippen MR) is 107 cm³/mol. The molecule has 0 spiro atoms. The minimum absolute atomic E-state index is 0.193.